The van der Waals surface area contributed by atoms with Gasteiger partial charge in [-0.05, 0) is 0 Å². The fourth-order valence-electron chi connectivity index (χ4n) is 0.0456. The van der Waals surface area contributed by atoms with Crippen molar-refractivity contribution in [3.8, 4) is 6.07 Å². The second-order valence-corrected chi connectivity index (χ2v) is 1.20. The normalized spacial score (nSPS) is 6.40. The van der Waals surface area contributed by atoms with Crippen molar-refractivity contribution in [2.75, 3.05) is 5.75 Å². The molecule has 1 radical (unpaired) electrons. The molecule has 0 saturated heterocycles. The molecule has 0 atom stereocenters. The van der Waals surface area contributed by atoms with Crippen LogP contribution in [0.5, 0.6) is 0 Å². The van der Waals surface area contributed by atoms with Crippen LogP contribution in [-0.2, 0) is 0 Å². The van der Waals surface area contributed by atoms with E-state index in [0.717, 1.165) is 0 Å². The molecule has 0 bridgehead atoms. The van der Waals surface area contributed by atoms with E-state index in [-0.39, 0.29) is 0 Å². The number of nitriles is 1. The van der Waals surface area contributed by atoms with Crippen LogP contribution in [0.4, 0.5) is 0 Å². The van der Waals surface area contributed by atoms with Gasteiger partial charge in [-0.3, -0.25) is 0 Å². The fourth-order valence-corrected chi connectivity index (χ4v) is 0.137. The van der Waals surface area contributed by atoms with E-state index in [2.05, 4.69) is 6.26 Å². The zero-order chi connectivity index (χ0) is 4.12. The van der Waals surface area contributed by atoms with Crippen LogP contribution in [0.3, 0.4) is 0 Å². The van der Waals surface area contributed by atoms with Gasteiger partial charge in [0.2, 0.25) is 0 Å². The first-order valence-electron chi connectivity index (χ1n) is 1.15. The second-order valence-electron chi connectivity index (χ2n) is 0.507. The number of nitrogens with zero attached hydrogens (tertiary/aromatic N) is 1. The molecule has 0 aromatic carbocycles. The van der Waals surface area contributed by atoms with Crippen LogP contribution in [0.1, 0.15) is 0 Å². The molecule has 0 aromatic rings. The third-order valence-electron chi connectivity index (χ3n) is 0.167. The maximum Gasteiger partial charge on any atom is 0.0808 e. The van der Waals surface area contributed by atoms with E-state index in [9.17, 15) is 0 Å². The molecule has 0 aliphatic heterocycles. The summed E-state index contributed by atoms with van der Waals surface area (Å²) in [4.78, 5) is 0. The molecule has 0 amide bonds. The number of rotatable bonds is 1. The van der Waals surface area contributed by atoms with Gasteiger partial charge in [-0.2, -0.15) is 5.26 Å². The van der Waals surface area contributed by atoms with Gasteiger partial charge in [0.15, 0.2) is 0 Å². The largest absolute Gasteiger partial charge is 0.197 e. The van der Waals surface area contributed by atoms with Gasteiger partial charge in [-0.15, -0.1) is 11.8 Å². The first kappa shape index (κ1) is 4.84. The average molecular weight is 86.1 g/mol. The van der Waals surface area contributed by atoms with E-state index in [4.69, 9.17) is 5.26 Å². The highest BCUT2D eigenvalue weighted by molar-refractivity contribution is 8.00. The Morgan fingerprint density at radius 3 is 2.60 bits per heavy atom. The monoisotopic (exact) mass is 86.0 g/mol. The molecule has 0 saturated carbocycles. The highest BCUT2D eigenvalue weighted by Gasteiger charge is 1.65. The van der Waals surface area contributed by atoms with Crippen LogP contribution < -0.4 is 0 Å². The van der Waals surface area contributed by atoms with E-state index in [0.29, 0.717) is 5.75 Å². The summed E-state index contributed by atoms with van der Waals surface area (Å²) < 4.78 is 0. The van der Waals surface area contributed by atoms with Crippen molar-refractivity contribution in [1.82, 2.24) is 0 Å². The maximum atomic E-state index is 7.76. The molecule has 0 heterocycles. The molecule has 1 nitrogen and oxygen atoms in total. The second kappa shape index (κ2) is 3.84. The van der Waals surface area contributed by atoms with Crippen molar-refractivity contribution in [3.63, 3.8) is 0 Å². The summed E-state index contributed by atoms with van der Waals surface area (Å²) in [6.07, 6.45) is 3.37. The Hall–Kier alpha value is -0.160. The van der Waals surface area contributed by atoms with Crippen molar-refractivity contribution in [3.05, 3.63) is 6.26 Å². The number of hydrogen-bond acceptors (Lipinski definition) is 2. The minimum Gasteiger partial charge on any atom is -0.197 e. The first-order valence-corrected chi connectivity index (χ1v) is 2.31. The van der Waals surface area contributed by atoms with Gasteiger partial charge in [0.05, 0.1) is 11.8 Å². The third kappa shape index (κ3) is 3.84. The highest BCUT2D eigenvalue weighted by atomic mass is 32.2. The van der Waals surface area contributed by atoms with Crippen molar-refractivity contribution in [2.24, 2.45) is 0 Å². The lowest BCUT2D eigenvalue weighted by Crippen LogP contribution is -1.56. The predicted molar refractivity (Wildman–Crippen MR) is 23.4 cm³/mol. The quantitative estimate of drug-likeness (QED) is 0.476. The summed E-state index contributed by atoms with van der Waals surface area (Å²) in [6.45, 7) is 0. The van der Waals surface area contributed by atoms with Crippen LogP contribution >= 0.6 is 11.8 Å². The zero-order valence-corrected chi connectivity index (χ0v) is 3.59. The number of thioether (sulfide) groups is 1. The van der Waals surface area contributed by atoms with Gasteiger partial charge in [0.25, 0.3) is 0 Å². The number of hydrogen-bond donors (Lipinski definition) is 0. The Kier molecular flexibility index (Phi) is 3.72. The molecule has 0 spiro atoms. The fraction of sp³-hybridized carbons (Fsp3) is 0.333. The maximum absolute atomic E-state index is 7.76. The van der Waals surface area contributed by atoms with Crippen molar-refractivity contribution in [1.29, 1.82) is 5.26 Å². The smallest absolute Gasteiger partial charge is 0.0808 e. The van der Waals surface area contributed by atoms with E-state index in [1.807, 2.05) is 6.07 Å². The topological polar surface area (TPSA) is 23.8 Å². The van der Waals surface area contributed by atoms with Gasteiger partial charge < -0.3 is 0 Å². The Morgan fingerprint density at radius 2 is 2.60 bits per heavy atom. The average Bonchev–Trinajstić information content (AvgIpc) is 1.41. The molecule has 5 heavy (non-hydrogen) atoms. The minimum absolute atomic E-state index is 0.500. The molecule has 0 aliphatic carbocycles. The summed E-state index contributed by atoms with van der Waals surface area (Å²) in [7, 11) is 0. The Labute approximate surface area is 36.0 Å². The summed E-state index contributed by atoms with van der Waals surface area (Å²) in [5.74, 6) is 0.500. The van der Waals surface area contributed by atoms with E-state index in [1.165, 1.54) is 11.8 Å². The lowest BCUT2D eigenvalue weighted by atomic mass is 10.9. The van der Waals surface area contributed by atoms with Gasteiger partial charge in [-0.25, -0.2) is 0 Å². The van der Waals surface area contributed by atoms with Gasteiger partial charge in [0.1, 0.15) is 0 Å². The zero-order valence-electron chi connectivity index (χ0n) is 2.77. The Bertz CT molecular complexity index is 45.3. The Morgan fingerprint density at radius 1 is 2.00 bits per heavy atom. The van der Waals surface area contributed by atoms with Crippen LogP contribution in [-0.4, -0.2) is 5.75 Å². The summed E-state index contributed by atoms with van der Waals surface area (Å²) in [5, 5.41) is 7.76. The van der Waals surface area contributed by atoms with Crippen molar-refractivity contribution >= 4 is 11.8 Å². The van der Waals surface area contributed by atoms with E-state index >= 15 is 0 Å². The lowest BCUT2D eigenvalue weighted by Gasteiger charge is -1.67. The molecule has 0 rings (SSSR count). The standard InChI is InChI=1S/C3H4NS/c1-5-3-2-4/h1,3H2. The van der Waals surface area contributed by atoms with Gasteiger partial charge in [-0.1, -0.05) is 0 Å². The lowest BCUT2D eigenvalue weighted by molar-refractivity contribution is 1.50. The van der Waals surface area contributed by atoms with Crippen molar-refractivity contribution in [2.45, 2.75) is 0 Å². The Balaban J connectivity index is 2.48. The summed E-state index contributed by atoms with van der Waals surface area (Å²) in [6, 6.07) is 1.92. The predicted octanol–water partition coefficient (Wildman–Crippen LogP) is 1.03. The van der Waals surface area contributed by atoms with Crippen LogP contribution in [0.2, 0.25) is 0 Å². The molecule has 0 N–H and O–H groups in total. The van der Waals surface area contributed by atoms with Gasteiger partial charge in [0, 0.05) is 6.26 Å². The van der Waals surface area contributed by atoms with Crippen molar-refractivity contribution < 1.29 is 0 Å². The molecule has 0 unspecified atom stereocenters. The summed E-state index contributed by atoms with van der Waals surface area (Å²) in [5.41, 5.74) is 0. The molecule has 0 fully saturated rings. The molecule has 27 valence electrons. The molecular formula is C3H4NS. The molecule has 0 aromatic heterocycles. The molecular weight excluding hydrogens is 82.1 g/mol. The van der Waals surface area contributed by atoms with Crippen LogP contribution in [0.15, 0.2) is 0 Å². The molecule has 0 aliphatic rings. The SMILES string of the molecule is [CH2]SCC#N. The van der Waals surface area contributed by atoms with E-state index in [1.54, 1.807) is 0 Å². The van der Waals surface area contributed by atoms with E-state index < -0.39 is 0 Å². The summed E-state index contributed by atoms with van der Waals surface area (Å²) >= 11 is 1.29. The highest BCUT2D eigenvalue weighted by Crippen LogP contribution is 1.88. The molecule has 2 heteroatoms. The first-order chi connectivity index (χ1) is 2.41. The van der Waals surface area contributed by atoms with Crippen LogP contribution in [0.25, 0.3) is 0 Å². The van der Waals surface area contributed by atoms with Gasteiger partial charge >= 0.3 is 0 Å². The third-order valence-corrected chi connectivity index (χ3v) is 0.500. The van der Waals surface area contributed by atoms with Crippen LogP contribution in [0, 0.1) is 17.6 Å². The minimum atomic E-state index is 0.500.